The molecule has 4 saturated carbocycles. The number of carbonyl (C=O) groups is 2. The molecule has 13 atom stereocenters. The molecular formula is C31H48O6. The van der Waals surface area contributed by atoms with Gasteiger partial charge in [0.1, 0.15) is 6.10 Å². The van der Waals surface area contributed by atoms with Crippen molar-refractivity contribution in [3.8, 4) is 0 Å². The summed E-state index contributed by atoms with van der Waals surface area (Å²) in [6, 6.07) is 0. The fourth-order valence-corrected chi connectivity index (χ4v) is 10.6. The average Bonchev–Trinajstić information content (AvgIpc) is 3.35. The van der Waals surface area contributed by atoms with E-state index in [2.05, 4.69) is 20.8 Å². The zero-order valence-corrected chi connectivity index (χ0v) is 23.6. The fourth-order valence-electron chi connectivity index (χ4n) is 10.6. The first-order valence-corrected chi connectivity index (χ1v) is 15.2. The second-order valence-electron chi connectivity index (χ2n) is 14.1. The summed E-state index contributed by atoms with van der Waals surface area (Å²) in [6.45, 7) is 11.5. The van der Waals surface area contributed by atoms with Gasteiger partial charge in [0.15, 0.2) is 5.79 Å². The standard InChI is InChI=1S/C31H48O6/c1-17-8-11-31(35-15-17)18(2)29-26(16-34-19(3)32)24-13-27-23(25(24)14-28(29)37-31)7-6-21-12-22(36-20(4)33)9-10-30(21,27)5/h17-18,21-29H,6-16H2,1-5H3/t17-,18+,21+,22+,23+,24-,25+,26+,27+,28+,29-,30+,31-/m1/s1. The van der Waals surface area contributed by atoms with Crippen molar-refractivity contribution in [3.05, 3.63) is 0 Å². The smallest absolute Gasteiger partial charge is 0.302 e. The van der Waals surface area contributed by atoms with Crippen LogP contribution in [-0.4, -0.2) is 43.1 Å². The third-order valence-corrected chi connectivity index (χ3v) is 12.3. The number of esters is 2. The molecule has 37 heavy (non-hydrogen) atoms. The van der Waals surface area contributed by atoms with Crippen molar-refractivity contribution < 1.29 is 28.5 Å². The summed E-state index contributed by atoms with van der Waals surface area (Å²) in [5.41, 5.74) is 0.314. The van der Waals surface area contributed by atoms with Crippen LogP contribution in [0.2, 0.25) is 0 Å². The molecular weight excluding hydrogens is 468 g/mol. The van der Waals surface area contributed by atoms with Gasteiger partial charge in [-0.1, -0.05) is 20.8 Å². The molecule has 208 valence electrons. The molecule has 0 N–H and O–H groups in total. The average molecular weight is 517 g/mol. The maximum absolute atomic E-state index is 12.0. The van der Waals surface area contributed by atoms with E-state index >= 15 is 0 Å². The van der Waals surface area contributed by atoms with Crippen molar-refractivity contribution >= 4 is 11.9 Å². The van der Waals surface area contributed by atoms with Crippen LogP contribution in [0.3, 0.4) is 0 Å². The topological polar surface area (TPSA) is 71.1 Å². The summed E-state index contributed by atoms with van der Waals surface area (Å²) in [6.07, 6.45) is 10.5. The van der Waals surface area contributed by atoms with E-state index in [0.717, 1.165) is 51.0 Å². The predicted molar refractivity (Wildman–Crippen MR) is 138 cm³/mol. The molecule has 1 spiro atoms. The van der Waals surface area contributed by atoms with Gasteiger partial charge in [-0.2, -0.15) is 0 Å². The zero-order valence-electron chi connectivity index (χ0n) is 23.6. The van der Waals surface area contributed by atoms with Gasteiger partial charge in [-0.05, 0) is 98.2 Å². The van der Waals surface area contributed by atoms with Crippen LogP contribution in [0.15, 0.2) is 0 Å². The Bertz CT molecular complexity index is 894. The Morgan fingerprint density at radius 3 is 2.43 bits per heavy atom. The van der Waals surface area contributed by atoms with Gasteiger partial charge in [0, 0.05) is 32.1 Å². The molecule has 6 nitrogen and oxygen atoms in total. The molecule has 6 fully saturated rings. The lowest BCUT2D eigenvalue weighted by molar-refractivity contribution is -0.270. The molecule has 2 aliphatic heterocycles. The van der Waals surface area contributed by atoms with Crippen molar-refractivity contribution in [2.75, 3.05) is 13.2 Å². The Kier molecular flexibility index (Phi) is 6.70. The Morgan fingerprint density at radius 2 is 1.73 bits per heavy atom. The van der Waals surface area contributed by atoms with Crippen LogP contribution in [0, 0.1) is 58.7 Å². The number of ether oxygens (including phenoxy) is 4. The summed E-state index contributed by atoms with van der Waals surface area (Å²) < 4.78 is 24.9. The summed E-state index contributed by atoms with van der Waals surface area (Å²) in [5.74, 6) is 4.15. The molecule has 0 bridgehead atoms. The van der Waals surface area contributed by atoms with E-state index < -0.39 is 5.79 Å². The van der Waals surface area contributed by atoms with Crippen LogP contribution < -0.4 is 0 Å². The highest BCUT2D eigenvalue weighted by Crippen LogP contribution is 2.68. The van der Waals surface area contributed by atoms with Crippen molar-refractivity contribution in [3.63, 3.8) is 0 Å². The van der Waals surface area contributed by atoms with Gasteiger partial charge < -0.3 is 18.9 Å². The van der Waals surface area contributed by atoms with E-state index in [4.69, 9.17) is 18.9 Å². The quantitative estimate of drug-likeness (QED) is 0.444. The van der Waals surface area contributed by atoms with Crippen LogP contribution in [0.25, 0.3) is 0 Å². The van der Waals surface area contributed by atoms with E-state index in [1.54, 1.807) is 13.8 Å². The van der Waals surface area contributed by atoms with Gasteiger partial charge in [-0.15, -0.1) is 0 Å². The van der Waals surface area contributed by atoms with Crippen molar-refractivity contribution in [1.82, 2.24) is 0 Å². The second kappa shape index (κ2) is 9.50. The molecule has 0 amide bonds. The lowest BCUT2D eigenvalue weighted by Crippen LogP contribution is -2.48. The molecule has 0 radical (unpaired) electrons. The highest BCUT2D eigenvalue weighted by Gasteiger charge is 2.66. The molecule has 0 aromatic carbocycles. The van der Waals surface area contributed by atoms with E-state index in [1.165, 1.54) is 19.3 Å². The number of hydrogen-bond donors (Lipinski definition) is 0. The van der Waals surface area contributed by atoms with Gasteiger partial charge in [0.2, 0.25) is 0 Å². The molecule has 6 rings (SSSR count). The van der Waals surface area contributed by atoms with Gasteiger partial charge in [0.25, 0.3) is 0 Å². The van der Waals surface area contributed by atoms with Gasteiger partial charge >= 0.3 is 11.9 Å². The van der Waals surface area contributed by atoms with Crippen molar-refractivity contribution in [2.45, 2.75) is 110 Å². The Labute approximate surface area is 222 Å². The Balaban J connectivity index is 1.25. The first-order chi connectivity index (χ1) is 17.6. The first kappa shape index (κ1) is 26.1. The minimum atomic E-state index is -0.451. The molecule has 0 unspecified atom stereocenters. The van der Waals surface area contributed by atoms with Crippen LogP contribution in [0.1, 0.15) is 92.4 Å². The van der Waals surface area contributed by atoms with E-state index in [1.807, 2.05) is 0 Å². The molecule has 6 heteroatoms. The third-order valence-electron chi connectivity index (χ3n) is 12.3. The zero-order chi connectivity index (χ0) is 26.1. The lowest BCUT2D eigenvalue weighted by Gasteiger charge is -2.54. The van der Waals surface area contributed by atoms with Gasteiger partial charge in [0.05, 0.1) is 19.3 Å². The summed E-state index contributed by atoms with van der Waals surface area (Å²) in [4.78, 5) is 23.6. The molecule has 2 saturated heterocycles. The first-order valence-electron chi connectivity index (χ1n) is 15.2. The van der Waals surface area contributed by atoms with Crippen LogP contribution in [0.4, 0.5) is 0 Å². The normalized spacial score (nSPS) is 52.5. The van der Waals surface area contributed by atoms with Gasteiger partial charge in [-0.3, -0.25) is 9.59 Å². The minimum absolute atomic E-state index is 0.0931. The van der Waals surface area contributed by atoms with Crippen LogP contribution in [0.5, 0.6) is 0 Å². The monoisotopic (exact) mass is 516 g/mol. The maximum atomic E-state index is 12.0. The highest BCUT2D eigenvalue weighted by molar-refractivity contribution is 5.66. The Morgan fingerprint density at radius 1 is 0.919 bits per heavy atom. The molecule has 0 aromatic rings. The maximum Gasteiger partial charge on any atom is 0.302 e. The van der Waals surface area contributed by atoms with E-state index in [-0.39, 0.29) is 24.1 Å². The number of rotatable bonds is 3. The summed E-state index contributed by atoms with van der Waals surface area (Å²) in [5, 5.41) is 0. The summed E-state index contributed by atoms with van der Waals surface area (Å²) >= 11 is 0. The third kappa shape index (κ3) is 4.27. The van der Waals surface area contributed by atoms with Crippen molar-refractivity contribution in [1.29, 1.82) is 0 Å². The predicted octanol–water partition coefficient (Wildman–Crippen LogP) is 5.76. The number of carbonyl (C=O) groups excluding carboxylic acids is 2. The molecule has 6 aliphatic rings. The number of hydrogen-bond acceptors (Lipinski definition) is 6. The van der Waals surface area contributed by atoms with Crippen molar-refractivity contribution in [2.24, 2.45) is 58.7 Å². The summed E-state index contributed by atoms with van der Waals surface area (Å²) in [7, 11) is 0. The molecule has 2 heterocycles. The van der Waals surface area contributed by atoms with E-state index in [0.29, 0.717) is 59.4 Å². The van der Waals surface area contributed by atoms with E-state index in [9.17, 15) is 9.59 Å². The lowest BCUT2D eigenvalue weighted by atomic mass is 9.52. The minimum Gasteiger partial charge on any atom is -0.466 e. The molecule has 0 aromatic heterocycles. The Hall–Kier alpha value is -1.14. The second-order valence-corrected chi connectivity index (χ2v) is 14.1. The van der Waals surface area contributed by atoms with Crippen LogP contribution >= 0.6 is 0 Å². The number of fused-ring (bicyclic) bond motifs is 6. The fraction of sp³-hybridized carbons (Fsp3) is 0.935. The largest absolute Gasteiger partial charge is 0.466 e. The SMILES string of the molecule is CC(=O)OC[C@H]1[C@@H]2C[C@H]3[C@@H](CC[C@H]4C[C@@H](OC(C)=O)CC[C@@]43C)[C@@H]2C[C@@H]2O[C@]3(CC[C@@H](C)CO3)[C@@H](C)[C@H]12. The van der Waals surface area contributed by atoms with Crippen LogP contribution in [-0.2, 0) is 28.5 Å². The molecule has 4 aliphatic carbocycles. The highest BCUT2D eigenvalue weighted by atomic mass is 16.7. The van der Waals surface area contributed by atoms with Gasteiger partial charge in [-0.25, -0.2) is 0 Å².